The van der Waals surface area contributed by atoms with Crippen molar-refractivity contribution in [3.05, 3.63) is 23.8 Å². The van der Waals surface area contributed by atoms with Crippen molar-refractivity contribution in [3.8, 4) is 5.75 Å². The summed E-state index contributed by atoms with van der Waals surface area (Å²) in [6.45, 7) is 3.23. The van der Waals surface area contributed by atoms with Crippen molar-refractivity contribution in [1.29, 1.82) is 0 Å². The molecule has 1 aliphatic rings. The lowest BCUT2D eigenvalue weighted by atomic mass is 10.1. The van der Waals surface area contributed by atoms with Gasteiger partial charge in [-0.05, 0) is 50.3 Å². The number of benzene rings is 1. The molecule has 1 amide bonds. The second kappa shape index (κ2) is 9.27. The van der Waals surface area contributed by atoms with Crippen LogP contribution >= 0.6 is 0 Å². The summed E-state index contributed by atoms with van der Waals surface area (Å²) in [4.78, 5) is 22.5. The number of carbonyl (C=O) groups is 2. The Morgan fingerprint density at radius 1 is 1.33 bits per heavy atom. The zero-order valence-electron chi connectivity index (χ0n) is 14.0. The molecule has 1 aromatic carbocycles. The van der Waals surface area contributed by atoms with E-state index in [1.54, 1.807) is 0 Å². The average molecular weight is 335 g/mol. The van der Waals surface area contributed by atoms with Gasteiger partial charge in [0.05, 0.1) is 11.8 Å². The highest BCUT2D eigenvalue weighted by Crippen LogP contribution is 2.27. The van der Waals surface area contributed by atoms with Gasteiger partial charge in [-0.1, -0.05) is 6.07 Å². The van der Waals surface area contributed by atoms with Crippen LogP contribution in [-0.2, 0) is 14.3 Å². The molecule has 0 radical (unpaired) electrons. The Balaban J connectivity index is 1.86. The molecule has 0 aromatic heterocycles. The molecule has 132 valence electrons. The fourth-order valence-corrected chi connectivity index (χ4v) is 2.59. The zero-order chi connectivity index (χ0) is 17.4. The van der Waals surface area contributed by atoms with Gasteiger partial charge in [0.25, 0.3) is 0 Å². The summed E-state index contributed by atoms with van der Waals surface area (Å²) in [7, 11) is 0. The maximum Gasteiger partial charge on any atom is 0.303 e. The van der Waals surface area contributed by atoms with E-state index in [1.165, 1.54) is 0 Å². The molecule has 2 N–H and O–H groups in total. The topological polar surface area (TPSA) is 84.9 Å². The van der Waals surface area contributed by atoms with E-state index in [2.05, 4.69) is 5.32 Å². The molecule has 1 unspecified atom stereocenters. The maximum absolute atomic E-state index is 12.0. The minimum Gasteiger partial charge on any atom is -0.489 e. The summed E-state index contributed by atoms with van der Waals surface area (Å²) < 4.78 is 11.4. The molecule has 1 saturated heterocycles. The highest BCUT2D eigenvalue weighted by Gasteiger charge is 2.17. The molecule has 1 fully saturated rings. The SMILES string of the molecule is Cc1ccc(NC(=O)CCCCC(=O)O)c(OCC2CCCO2)c1. The maximum atomic E-state index is 12.0. The van der Waals surface area contributed by atoms with Crippen molar-refractivity contribution in [3.63, 3.8) is 0 Å². The van der Waals surface area contributed by atoms with Crippen LogP contribution in [0.3, 0.4) is 0 Å². The van der Waals surface area contributed by atoms with Gasteiger partial charge in [-0.25, -0.2) is 0 Å². The standard InChI is InChI=1S/C18H25NO5/c1-13-8-9-15(19-17(20)6-2-3-7-18(21)22)16(11-13)24-12-14-5-4-10-23-14/h8-9,11,14H,2-7,10,12H2,1H3,(H,19,20)(H,21,22). The van der Waals surface area contributed by atoms with Gasteiger partial charge in [0.1, 0.15) is 12.4 Å². The van der Waals surface area contributed by atoms with Crippen molar-refractivity contribution >= 4 is 17.6 Å². The number of aliphatic carboxylic acids is 1. The van der Waals surface area contributed by atoms with Crippen molar-refractivity contribution in [1.82, 2.24) is 0 Å². The minimum absolute atomic E-state index is 0.0908. The third-order valence-corrected chi connectivity index (χ3v) is 3.90. The van der Waals surface area contributed by atoms with Crippen LogP contribution in [0.25, 0.3) is 0 Å². The molecule has 6 nitrogen and oxygen atoms in total. The molecule has 1 aliphatic heterocycles. The highest BCUT2D eigenvalue weighted by atomic mass is 16.5. The molecule has 6 heteroatoms. The largest absolute Gasteiger partial charge is 0.489 e. The summed E-state index contributed by atoms with van der Waals surface area (Å²) in [5.74, 6) is -0.325. The van der Waals surface area contributed by atoms with Gasteiger partial charge >= 0.3 is 5.97 Å². The van der Waals surface area contributed by atoms with Gasteiger partial charge in [0.2, 0.25) is 5.91 Å². The Morgan fingerprint density at radius 3 is 2.83 bits per heavy atom. The molecular formula is C18H25NO5. The number of aryl methyl sites for hydroxylation is 1. The number of carboxylic acids is 1. The summed E-state index contributed by atoms with van der Waals surface area (Å²) in [5, 5.41) is 11.4. The molecule has 1 heterocycles. The van der Waals surface area contributed by atoms with Crippen molar-refractivity contribution in [2.45, 2.75) is 51.6 Å². The fraction of sp³-hybridized carbons (Fsp3) is 0.556. The quantitative estimate of drug-likeness (QED) is 0.677. The predicted octanol–water partition coefficient (Wildman–Crippen LogP) is 3.14. The van der Waals surface area contributed by atoms with Gasteiger partial charge in [0.15, 0.2) is 0 Å². The van der Waals surface area contributed by atoms with E-state index in [0.29, 0.717) is 37.3 Å². The van der Waals surface area contributed by atoms with Crippen LogP contribution in [0.15, 0.2) is 18.2 Å². The summed E-state index contributed by atoms with van der Waals surface area (Å²) in [6.07, 6.45) is 3.61. The minimum atomic E-state index is -0.834. The smallest absolute Gasteiger partial charge is 0.303 e. The van der Waals surface area contributed by atoms with Crippen molar-refractivity contribution < 1.29 is 24.2 Å². The van der Waals surface area contributed by atoms with E-state index in [1.807, 2.05) is 25.1 Å². The normalized spacial score (nSPS) is 16.8. The molecule has 0 aliphatic carbocycles. The molecule has 2 rings (SSSR count). The molecule has 1 atom stereocenters. The Labute approximate surface area is 142 Å². The first kappa shape index (κ1) is 18.3. The van der Waals surface area contributed by atoms with E-state index in [9.17, 15) is 9.59 Å². The number of rotatable bonds is 9. The number of carboxylic acid groups (broad SMARTS) is 1. The van der Waals surface area contributed by atoms with E-state index >= 15 is 0 Å². The summed E-state index contributed by atoms with van der Waals surface area (Å²) >= 11 is 0. The Morgan fingerprint density at radius 2 is 2.12 bits per heavy atom. The number of amides is 1. The molecule has 1 aromatic rings. The zero-order valence-corrected chi connectivity index (χ0v) is 14.0. The number of nitrogens with one attached hydrogen (secondary N) is 1. The van der Waals surface area contributed by atoms with Crippen LogP contribution < -0.4 is 10.1 Å². The van der Waals surface area contributed by atoms with Gasteiger partial charge in [0, 0.05) is 19.4 Å². The number of ether oxygens (including phenoxy) is 2. The van der Waals surface area contributed by atoms with Gasteiger partial charge in [-0.3, -0.25) is 9.59 Å². The molecular weight excluding hydrogens is 310 g/mol. The molecule has 0 spiro atoms. The second-order valence-corrected chi connectivity index (χ2v) is 6.09. The lowest BCUT2D eigenvalue weighted by molar-refractivity contribution is -0.137. The number of unbranched alkanes of at least 4 members (excludes halogenated alkanes) is 1. The molecule has 0 saturated carbocycles. The summed E-state index contributed by atoms with van der Waals surface area (Å²) in [6, 6.07) is 5.64. The first-order valence-electron chi connectivity index (χ1n) is 8.41. The Bertz CT molecular complexity index is 567. The second-order valence-electron chi connectivity index (χ2n) is 6.09. The Hall–Kier alpha value is -2.08. The third kappa shape index (κ3) is 6.20. The predicted molar refractivity (Wildman–Crippen MR) is 90.4 cm³/mol. The van der Waals surface area contributed by atoms with Crippen LogP contribution in [0.2, 0.25) is 0 Å². The van der Waals surface area contributed by atoms with E-state index in [0.717, 1.165) is 25.0 Å². The number of carbonyl (C=O) groups excluding carboxylic acids is 1. The van der Waals surface area contributed by atoms with E-state index in [4.69, 9.17) is 14.6 Å². The lowest BCUT2D eigenvalue weighted by Gasteiger charge is -2.16. The highest BCUT2D eigenvalue weighted by molar-refractivity contribution is 5.92. The number of hydrogen-bond donors (Lipinski definition) is 2. The van der Waals surface area contributed by atoms with Crippen molar-refractivity contribution in [2.75, 3.05) is 18.5 Å². The first-order chi connectivity index (χ1) is 11.5. The molecule has 0 bridgehead atoms. The van der Waals surface area contributed by atoms with Crippen LogP contribution in [0.5, 0.6) is 5.75 Å². The number of anilines is 1. The lowest BCUT2D eigenvalue weighted by Crippen LogP contribution is -2.18. The van der Waals surface area contributed by atoms with Crippen LogP contribution in [0.1, 0.15) is 44.1 Å². The van der Waals surface area contributed by atoms with E-state index in [-0.39, 0.29) is 18.4 Å². The number of hydrogen-bond acceptors (Lipinski definition) is 4. The monoisotopic (exact) mass is 335 g/mol. The fourth-order valence-electron chi connectivity index (χ4n) is 2.59. The van der Waals surface area contributed by atoms with E-state index < -0.39 is 5.97 Å². The van der Waals surface area contributed by atoms with Crippen molar-refractivity contribution in [2.24, 2.45) is 0 Å². The molecule has 24 heavy (non-hydrogen) atoms. The Kier molecular flexibility index (Phi) is 7.06. The first-order valence-corrected chi connectivity index (χ1v) is 8.41. The van der Waals surface area contributed by atoms with Gasteiger partial charge < -0.3 is 19.9 Å². The van der Waals surface area contributed by atoms with Crippen LogP contribution in [0.4, 0.5) is 5.69 Å². The van der Waals surface area contributed by atoms with Crippen LogP contribution in [-0.4, -0.2) is 36.3 Å². The van der Waals surface area contributed by atoms with Crippen LogP contribution in [0, 0.1) is 6.92 Å². The summed E-state index contributed by atoms with van der Waals surface area (Å²) in [5.41, 5.74) is 1.69. The van der Waals surface area contributed by atoms with Gasteiger partial charge in [-0.15, -0.1) is 0 Å². The van der Waals surface area contributed by atoms with Gasteiger partial charge in [-0.2, -0.15) is 0 Å². The average Bonchev–Trinajstić information content (AvgIpc) is 3.05. The third-order valence-electron chi connectivity index (χ3n) is 3.90.